The maximum atomic E-state index is 12.3. The number of carbonyl (C=O) groups excluding carboxylic acids is 2. The maximum absolute atomic E-state index is 12.3. The summed E-state index contributed by atoms with van der Waals surface area (Å²) >= 11 is 0. The van der Waals surface area contributed by atoms with Crippen LogP contribution in [0.4, 0.5) is 4.79 Å². The summed E-state index contributed by atoms with van der Waals surface area (Å²) < 4.78 is 5.51. The molecule has 2 aliphatic rings. The van der Waals surface area contributed by atoms with E-state index in [2.05, 4.69) is 34.9 Å². The van der Waals surface area contributed by atoms with Gasteiger partial charge in [-0.2, -0.15) is 0 Å². The molecule has 2 amide bonds. The van der Waals surface area contributed by atoms with Crippen molar-refractivity contribution in [3.05, 3.63) is 71.8 Å². The zero-order valence-electron chi connectivity index (χ0n) is 18.5. The van der Waals surface area contributed by atoms with Gasteiger partial charge in [0.1, 0.15) is 6.61 Å². The largest absolute Gasteiger partial charge is 0.481 e. The highest BCUT2D eigenvalue weighted by Crippen LogP contribution is 2.44. The molecule has 0 radical (unpaired) electrons. The monoisotopic (exact) mass is 448 g/mol. The molecule has 7 nitrogen and oxygen atoms in total. The first-order valence-electron chi connectivity index (χ1n) is 11.2. The van der Waals surface area contributed by atoms with E-state index in [9.17, 15) is 14.4 Å². The van der Waals surface area contributed by atoms with E-state index >= 15 is 0 Å². The molecule has 4 rings (SSSR count). The van der Waals surface area contributed by atoms with Crippen LogP contribution in [0.5, 0.6) is 0 Å². The molecule has 2 aliphatic carbocycles. The van der Waals surface area contributed by atoms with E-state index in [1.807, 2.05) is 24.3 Å². The lowest BCUT2D eigenvalue weighted by atomic mass is 9.98. The van der Waals surface area contributed by atoms with E-state index in [1.165, 1.54) is 11.1 Å². The number of carbonyl (C=O) groups is 3. The fourth-order valence-corrected chi connectivity index (χ4v) is 4.49. The number of alkyl carbamates (subject to hydrolysis) is 1. The van der Waals surface area contributed by atoms with Crippen molar-refractivity contribution in [2.45, 2.75) is 31.7 Å². The highest BCUT2D eigenvalue weighted by Gasteiger charge is 2.29. The molecule has 3 unspecified atom stereocenters. The Morgan fingerprint density at radius 2 is 1.67 bits per heavy atom. The van der Waals surface area contributed by atoms with Crippen LogP contribution in [0.25, 0.3) is 11.1 Å². The summed E-state index contributed by atoms with van der Waals surface area (Å²) in [7, 11) is 0. The van der Waals surface area contributed by atoms with Crippen LogP contribution < -0.4 is 10.6 Å². The van der Waals surface area contributed by atoms with Gasteiger partial charge in [0.05, 0.1) is 5.92 Å². The average Bonchev–Trinajstić information content (AvgIpc) is 3.40. The third kappa shape index (κ3) is 5.08. The Labute approximate surface area is 192 Å². The number of fused-ring (bicyclic) bond motifs is 3. The van der Waals surface area contributed by atoms with E-state index in [-0.39, 0.29) is 30.4 Å². The molecule has 172 valence electrons. The smallest absolute Gasteiger partial charge is 0.407 e. The van der Waals surface area contributed by atoms with E-state index in [4.69, 9.17) is 9.84 Å². The van der Waals surface area contributed by atoms with Gasteiger partial charge in [-0.3, -0.25) is 9.59 Å². The fraction of sp³-hybridized carbons (Fsp3) is 0.346. The highest BCUT2D eigenvalue weighted by molar-refractivity contribution is 5.80. The molecule has 0 aromatic heterocycles. The van der Waals surface area contributed by atoms with Crippen LogP contribution in [0.1, 0.15) is 36.8 Å². The third-order valence-electron chi connectivity index (χ3n) is 6.37. The second-order valence-electron chi connectivity index (χ2n) is 8.62. The number of amides is 2. The number of rotatable bonds is 8. The van der Waals surface area contributed by atoms with Gasteiger partial charge in [0.15, 0.2) is 0 Å². The Morgan fingerprint density at radius 3 is 2.27 bits per heavy atom. The second kappa shape index (κ2) is 9.90. The van der Waals surface area contributed by atoms with Crippen LogP contribution in [-0.4, -0.2) is 42.3 Å². The van der Waals surface area contributed by atoms with E-state index in [0.717, 1.165) is 11.1 Å². The Kier molecular flexibility index (Phi) is 6.77. The zero-order valence-corrected chi connectivity index (χ0v) is 18.5. The number of ether oxygens (including phenoxy) is 1. The Bertz CT molecular complexity index is 1030. The summed E-state index contributed by atoms with van der Waals surface area (Å²) in [5.74, 6) is -1.92. The normalized spacial score (nSPS) is 19.4. The van der Waals surface area contributed by atoms with Gasteiger partial charge in [-0.1, -0.05) is 67.6 Å². The topological polar surface area (TPSA) is 105 Å². The summed E-state index contributed by atoms with van der Waals surface area (Å²) in [6.45, 7) is 2.33. The molecular weight excluding hydrogens is 420 g/mol. The minimum Gasteiger partial charge on any atom is -0.481 e. The summed E-state index contributed by atoms with van der Waals surface area (Å²) in [5, 5.41) is 14.6. The number of hydrogen-bond donors (Lipinski definition) is 3. The van der Waals surface area contributed by atoms with Gasteiger partial charge < -0.3 is 20.5 Å². The molecule has 0 heterocycles. The SMILES string of the molecule is CC(CCNC(=O)OCC1c2ccccc2-c2ccccc21)C(=O)NC1C=CC(C(=O)O)C1. The number of nitrogens with one attached hydrogen (secondary N) is 2. The number of carboxylic acids is 1. The summed E-state index contributed by atoms with van der Waals surface area (Å²) in [5.41, 5.74) is 4.66. The molecule has 33 heavy (non-hydrogen) atoms. The second-order valence-corrected chi connectivity index (χ2v) is 8.62. The molecule has 3 N–H and O–H groups in total. The number of benzene rings is 2. The first-order valence-corrected chi connectivity index (χ1v) is 11.2. The predicted octanol–water partition coefficient (Wildman–Crippen LogP) is 3.70. The summed E-state index contributed by atoms with van der Waals surface area (Å²) in [6, 6.07) is 16.1. The van der Waals surface area contributed by atoms with Crippen LogP contribution in [0.2, 0.25) is 0 Å². The minimum atomic E-state index is -0.886. The molecule has 0 saturated heterocycles. The Hall–Kier alpha value is -3.61. The number of hydrogen-bond acceptors (Lipinski definition) is 4. The quantitative estimate of drug-likeness (QED) is 0.534. The molecule has 2 aromatic carbocycles. The lowest BCUT2D eigenvalue weighted by molar-refractivity contribution is -0.140. The maximum Gasteiger partial charge on any atom is 0.407 e. The molecular formula is C26H28N2O5. The van der Waals surface area contributed by atoms with Gasteiger partial charge in [0.2, 0.25) is 5.91 Å². The minimum absolute atomic E-state index is 0.00180. The van der Waals surface area contributed by atoms with Gasteiger partial charge in [-0.05, 0) is 35.1 Å². The summed E-state index contributed by atoms with van der Waals surface area (Å²) in [6.07, 6.45) is 3.64. The van der Waals surface area contributed by atoms with Crippen LogP contribution in [0.15, 0.2) is 60.7 Å². The van der Waals surface area contributed by atoms with Gasteiger partial charge in [0.25, 0.3) is 0 Å². The third-order valence-corrected chi connectivity index (χ3v) is 6.37. The Morgan fingerprint density at radius 1 is 1.03 bits per heavy atom. The lowest BCUT2D eigenvalue weighted by Gasteiger charge is -2.17. The van der Waals surface area contributed by atoms with Crippen molar-refractivity contribution in [1.29, 1.82) is 0 Å². The molecule has 3 atom stereocenters. The molecule has 0 spiro atoms. The van der Waals surface area contributed by atoms with Crippen molar-refractivity contribution >= 4 is 18.0 Å². The average molecular weight is 449 g/mol. The lowest BCUT2D eigenvalue weighted by Crippen LogP contribution is -2.38. The standard InChI is InChI=1S/C26H28N2O5/c1-16(24(29)28-18-11-10-17(14-18)25(30)31)12-13-27-26(32)33-15-23-21-8-4-2-6-19(21)20-7-3-5-9-22(20)23/h2-11,16-18,23H,12-15H2,1H3,(H,27,32)(H,28,29)(H,30,31). The van der Waals surface area contributed by atoms with E-state index in [0.29, 0.717) is 19.4 Å². The van der Waals surface area contributed by atoms with Gasteiger partial charge in [-0.25, -0.2) is 4.79 Å². The first-order chi connectivity index (χ1) is 15.9. The van der Waals surface area contributed by atoms with Crippen molar-refractivity contribution in [1.82, 2.24) is 10.6 Å². The highest BCUT2D eigenvalue weighted by atomic mass is 16.5. The van der Waals surface area contributed by atoms with E-state index < -0.39 is 18.0 Å². The Balaban J connectivity index is 1.21. The van der Waals surface area contributed by atoms with Crippen LogP contribution in [-0.2, 0) is 14.3 Å². The van der Waals surface area contributed by atoms with E-state index in [1.54, 1.807) is 19.1 Å². The van der Waals surface area contributed by atoms with Crippen LogP contribution in [0, 0.1) is 11.8 Å². The van der Waals surface area contributed by atoms with Crippen molar-refractivity contribution < 1.29 is 24.2 Å². The first kappa shape index (κ1) is 22.6. The molecule has 7 heteroatoms. The fourth-order valence-electron chi connectivity index (χ4n) is 4.49. The van der Waals surface area contributed by atoms with Crippen LogP contribution >= 0.6 is 0 Å². The van der Waals surface area contributed by atoms with Gasteiger partial charge >= 0.3 is 12.1 Å². The number of carboxylic acid groups (broad SMARTS) is 1. The molecule has 0 fully saturated rings. The van der Waals surface area contributed by atoms with Gasteiger partial charge in [0, 0.05) is 24.4 Å². The predicted molar refractivity (Wildman–Crippen MR) is 124 cm³/mol. The zero-order chi connectivity index (χ0) is 23.4. The van der Waals surface area contributed by atoms with Crippen molar-refractivity contribution in [2.75, 3.05) is 13.2 Å². The molecule has 0 saturated carbocycles. The van der Waals surface area contributed by atoms with Crippen molar-refractivity contribution in [3.63, 3.8) is 0 Å². The van der Waals surface area contributed by atoms with Crippen molar-refractivity contribution in [3.8, 4) is 11.1 Å². The molecule has 0 bridgehead atoms. The van der Waals surface area contributed by atoms with Gasteiger partial charge in [-0.15, -0.1) is 0 Å². The summed E-state index contributed by atoms with van der Waals surface area (Å²) in [4.78, 5) is 35.6. The number of aliphatic carboxylic acids is 1. The van der Waals surface area contributed by atoms with Crippen molar-refractivity contribution in [2.24, 2.45) is 11.8 Å². The van der Waals surface area contributed by atoms with Crippen LogP contribution in [0.3, 0.4) is 0 Å². The molecule has 2 aromatic rings. The molecule has 0 aliphatic heterocycles.